The van der Waals surface area contributed by atoms with Gasteiger partial charge in [-0.2, -0.15) is 0 Å². The van der Waals surface area contributed by atoms with E-state index in [1.54, 1.807) is 12.1 Å². The highest BCUT2D eigenvalue weighted by Gasteiger charge is 2.34. The number of nitrogens with zero attached hydrogens (tertiary/aromatic N) is 1. The maximum Gasteiger partial charge on any atom is 0.307 e. The first-order chi connectivity index (χ1) is 13.8. The van der Waals surface area contributed by atoms with E-state index in [0.29, 0.717) is 40.9 Å². The average molecular weight is 470 g/mol. The van der Waals surface area contributed by atoms with E-state index < -0.39 is 29.6 Å². The number of ether oxygens (including phenoxy) is 2. The fourth-order valence-corrected chi connectivity index (χ4v) is 4.35. The van der Waals surface area contributed by atoms with Gasteiger partial charge >= 0.3 is 5.97 Å². The number of carboxylic acids is 1. The van der Waals surface area contributed by atoms with Crippen molar-refractivity contribution in [2.45, 2.75) is 18.9 Å². The average Bonchev–Trinajstić information content (AvgIpc) is 2.70. The van der Waals surface area contributed by atoms with Gasteiger partial charge in [0.1, 0.15) is 11.6 Å². The minimum atomic E-state index is -0.876. The Kier molecular flexibility index (Phi) is 6.74. The number of benzene rings is 2. The molecule has 2 aromatic carbocycles. The quantitative estimate of drug-likeness (QED) is 0.668. The highest BCUT2D eigenvalue weighted by molar-refractivity contribution is 9.10. The van der Waals surface area contributed by atoms with E-state index in [1.807, 2.05) is 4.90 Å². The lowest BCUT2D eigenvalue weighted by molar-refractivity contribution is -0.143. The summed E-state index contributed by atoms with van der Waals surface area (Å²) in [6.45, 7) is 0.851. The van der Waals surface area contributed by atoms with Gasteiger partial charge in [0.05, 0.1) is 26.2 Å². The predicted molar refractivity (Wildman–Crippen MR) is 107 cm³/mol. The molecule has 1 fully saturated rings. The van der Waals surface area contributed by atoms with Crippen LogP contribution in [0.25, 0.3) is 0 Å². The normalized spacial score (nSPS) is 18.3. The van der Waals surface area contributed by atoms with Crippen LogP contribution in [0.4, 0.5) is 8.78 Å². The summed E-state index contributed by atoms with van der Waals surface area (Å²) in [4.78, 5) is 13.5. The number of aliphatic carboxylic acids is 1. The molecule has 2 unspecified atom stereocenters. The topological polar surface area (TPSA) is 59.0 Å². The van der Waals surface area contributed by atoms with Crippen LogP contribution in [0.1, 0.15) is 30.0 Å². The van der Waals surface area contributed by atoms with Crippen molar-refractivity contribution in [1.82, 2.24) is 4.90 Å². The summed E-state index contributed by atoms with van der Waals surface area (Å²) < 4.78 is 39.7. The summed E-state index contributed by atoms with van der Waals surface area (Å²) >= 11 is 3.52. The first-order valence-electron chi connectivity index (χ1n) is 9.19. The molecule has 3 rings (SSSR count). The van der Waals surface area contributed by atoms with Gasteiger partial charge < -0.3 is 14.6 Å². The first kappa shape index (κ1) is 21.5. The van der Waals surface area contributed by atoms with E-state index in [9.17, 15) is 18.7 Å². The van der Waals surface area contributed by atoms with E-state index in [4.69, 9.17) is 9.47 Å². The zero-order valence-corrected chi connectivity index (χ0v) is 17.7. The number of halogens is 3. The molecule has 1 aliphatic heterocycles. The van der Waals surface area contributed by atoms with Crippen molar-refractivity contribution in [1.29, 1.82) is 0 Å². The molecular weight excluding hydrogens is 448 g/mol. The SMILES string of the molecule is COc1cc(Br)c(C(c2ccc(F)cc2F)N2CCCC(C(=O)O)C2)cc1OC. The molecule has 2 aromatic rings. The second-order valence-corrected chi connectivity index (χ2v) is 7.82. The first-order valence-corrected chi connectivity index (χ1v) is 9.98. The third-order valence-electron chi connectivity index (χ3n) is 5.22. The number of hydrogen-bond donors (Lipinski definition) is 1. The molecule has 0 aromatic heterocycles. The van der Waals surface area contributed by atoms with Gasteiger partial charge in [-0.15, -0.1) is 0 Å². The van der Waals surface area contributed by atoms with Crippen molar-refractivity contribution < 1.29 is 28.2 Å². The van der Waals surface area contributed by atoms with Gasteiger partial charge in [0, 0.05) is 22.6 Å². The number of likely N-dealkylation sites (tertiary alicyclic amines) is 1. The van der Waals surface area contributed by atoms with Gasteiger partial charge in [0.15, 0.2) is 11.5 Å². The molecule has 0 saturated carbocycles. The number of methoxy groups -OCH3 is 2. The Morgan fingerprint density at radius 3 is 2.48 bits per heavy atom. The maximum atomic E-state index is 14.8. The third-order valence-corrected chi connectivity index (χ3v) is 5.91. The predicted octanol–water partition coefficient (Wildman–Crippen LogP) is 4.63. The van der Waals surface area contributed by atoms with Gasteiger partial charge in [0.25, 0.3) is 0 Å². The van der Waals surface area contributed by atoms with Crippen LogP contribution in [0.5, 0.6) is 11.5 Å². The van der Waals surface area contributed by atoms with E-state index >= 15 is 0 Å². The number of carbonyl (C=O) groups is 1. The molecule has 1 saturated heterocycles. The summed E-state index contributed by atoms with van der Waals surface area (Å²) in [5, 5.41) is 9.48. The second-order valence-electron chi connectivity index (χ2n) is 6.97. The molecular formula is C21H22BrF2NO4. The van der Waals surface area contributed by atoms with Gasteiger partial charge in [-0.05, 0) is 43.1 Å². The summed E-state index contributed by atoms with van der Waals surface area (Å²) in [6, 6.07) is 6.30. The van der Waals surface area contributed by atoms with Crippen LogP contribution in [0.3, 0.4) is 0 Å². The molecule has 5 nitrogen and oxygen atoms in total. The van der Waals surface area contributed by atoms with Crippen LogP contribution in [0.2, 0.25) is 0 Å². The monoisotopic (exact) mass is 469 g/mol. The molecule has 2 atom stereocenters. The van der Waals surface area contributed by atoms with E-state index in [1.165, 1.54) is 26.4 Å². The standard InChI is InChI=1S/C21H22BrF2NO4/c1-28-18-9-15(16(22)10-19(18)29-2)20(14-6-5-13(23)8-17(14)24)25-7-3-4-12(11-25)21(26)27/h5-6,8-10,12,20H,3-4,7,11H2,1-2H3,(H,26,27). The highest BCUT2D eigenvalue weighted by atomic mass is 79.9. The number of carboxylic acid groups (broad SMARTS) is 1. The smallest absolute Gasteiger partial charge is 0.307 e. The molecule has 1 N–H and O–H groups in total. The number of rotatable bonds is 6. The molecule has 156 valence electrons. The van der Waals surface area contributed by atoms with Crippen LogP contribution < -0.4 is 9.47 Å². The van der Waals surface area contributed by atoms with Gasteiger partial charge in [0.2, 0.25) is 0 Å². The maximum absolute atomic E-state index is 14.8. The van der Waals surface area contributed by atoms with Crippen LogP contribution in [-0.2, 0) is 4.79 Å². The van der Waals surface area contributed by atoms with Gasteiger partial charge in [-0.1, -0.05) is 22.0 Å². The van der Waals surface area contributed by atoms with E-state index in [0.717, 1.165) is 6.07 Å². The summed E-state index contributed by atoms with van der Waals surface area (Å²) in [6.07, 6.45) is 1.23. The van der Waals surface area contributed by atoms with Crippen molar-refractivity contribution in [3.05, 3.63) is 57.6 Å². The Morgan fingerprint density at radius 2 is 1.86 bits per heavy atom. The fraction of sp³-hybridized carbons (Fsp3) is 0.381. The van der Waals surface area contributed by atoms with Crippen molar-refractivity contribution >= 4 is 21.9 Å². The Hall–Kier alpha value is -2.19. The largest absolute Gasteiger partial charge is 0.493 e. The number of piperidine rings is 1. The Morgan fingerprint density at radius 1 is 1.17 bits per heavy atom. The van der Waals surface area contributed by atoms with Crippen LogP contribution in [0, 0.1) is 17.6 Å². The fourth-order valence-electron chi connectivity index (χ4n) is 3.81. The lowest BCUT2D eigenvalue weighted by Gasteiger charge is -2.38. The summed E-state index contributed by atoms with van der Waals surface area (Å²) in [5.41, 5.74) is 0.949. The Balaban J connectivity index is 2.14. The van der Waals surface area contributed by atoms with Crippen molar-refractivity contribution in [3.63, 3.8) is 0 Å². The van der Waals surface area contributed by atoms with Crippen LogP contribution in [0.15, 0.2) is 34.8 Å². The molecule has 0 aliphatic carbocycles. The minimum absolute atomic E-state index is 0.262. The zero-order valence-electron chi connectivity index (χ0n) is 16.1. The van der Waals surface area contributed by atoms with Gasteiger partial charge in [-0.25, -0.2) is 8.78 Å². The van der Waals surface area contributed by atoms with Gasteiger partial charge in [-0.3, -0.25) is 9.69 Å². The Bertz CT molecular complexity index is 908. The molecule has 0 spiro atoms. The number of hydrogen-bond acceptors (Lipinski definition) is 4. The summed E-state index contributed by atoms with van der Waals surface area (Å²) in [5.74, 6) is -1.81. The van der Waals surface area contributed by atoms with Crippen molar-refractivity contribution in [2.24, 2.45) is 5.92 Å². The third kappa shape index (κ3) is 4.53. The Labute approximate surface area is 176 Å². The highest BCUT2D eigenvalue weighted by Crippen LogP contribution is 2.42. The van der Waals surface area contributed by atoms with Crippen LogP contribution >= 0.6 is 15.9 Å². The zero-order chi connectivity index (χ0) is 21.1. The second kappa shape index (κ2) is 9.09. The minimum Gasteiger partial charge on any atom is -0.493 e. The molecule has 0 radical (unpaired) electrons. The van der Waals surface area contributed by atoms with Crippen molar-refractivity contribution in [3.8, 4) is 11.5 Å². The van der Waals surface area contributed by atoms with Crippen molar-refractivity contribution in [2.75, 3.05) is 27.3 Å². The molecule has 8 heteroatoms. The van der Waals surface area contributed by atoms with E-state index in [2.05, 4.69) is 15.9 Å². The molecule has 0 bridgehead atoms. The lowest BCUT2D eigenvalue weighted by Crippen LogP contribution is -2.41. The molecule has 1 aliphatic rings. The molecule has 29 heavy (non-hydrogen) atoms. The summed E-state index contributed by atoms with van der Waals surface area (Å²) in [7, 11) is 3.02. The van der Waals surface area contributed by atoms with E-state index in [-0.39, 0.29) is 12.1 Å². The molecule has 1 heterocycles. The molecule has 0 amide bonds. The lowest BCUT2D eigenvalue weighted by atomic mass is 9.91. The van der Waals surface area contributed by atoms with Crippen LogP contribution in [-0.4, -0.2) is 43.3 Å².